The topological polar surface area (TPSA) is 61.9 Å². The molecular weight excluding hydrogens is 510 g/mol. The van der Waals surface area contributed by atoms with E-state index in [1.54, 1.807) is 25.4 Å². The normalized spacial score (nSPS) is 15.0. The maximum atomic E-state index is 14.8. The highest BCUT2D eigenvalue weighted by atomic mass is 32.2. The Hall–Kier alpha value is -3.73. The third kappa shape index (κ3) is 5.22. The molecule has 4 rings (SSSR count). The molecular formula is C26H23F4N3O3S. The molecule has 11 heteroatoms. The van der Waals surface area contributed by atoms with E-state index in [1.165, 1.54) is 34.1 Å². The van der Waals surface area contributed by atoms with E-state index in [9.17, 15) is 27.2 Å². The number of anilines is 1. The quantitative estimate of drug-likeness (QED) is 0.301. The van der Waals surface area contributed by atoms with Crippen LogP contribution in [0.1, 0.15) is 40.0 Å². The van der Waals surface area contributed by atoms with Gasteiger partial charge in [-0.3, -0.25) is 9.69 Å². The van der Waals surface area contributed by atoms with Crippen molar-refractivity contribution in [1.82, 2.24) is 10.2 Å². The van der Waals surface area contributed by atoms with E-state index < -0.39 is 47.3 Å². The van der Waals surface area contributed by atoms with E-state index in [2.05, 4.69) is 5.32 Å². The van der Waals surface area contributed by atoms with Gasteiger partial charge in [0.15, 0.2) is 0 Å². The van der Waals surface area contributed by atoms with Crippen LogP contribution in [0, 0.1) is 23.3 Å². The summed E-state index contributed by atoms with van der Waals surface area (Å²) in [5.74, 6) is -4.26. The van der Waals surface area contributed by atoms with E-state index >= 15 is 0 Å². The highest BCUT2D eigenvalue weighted by molar-refractivity contribution is 7.94. The SMILES string of the molecule is CSOc1cccc(F)c1CN1C(=O)N(C)C(C)c2ccc(C(=O)NCc3c(F)cc(F)cc3F)cc21. The fourth-order valence-electron chi connectivity index (χ4n) is 4.12. The molecule has 3 aromatic rings. The number of halogens is 4. The first-order valence-corrected chi connectivity index (χ1v) is 12.3. The van der Waals surface area contributed by atoms with Crippen LogP contribution >= 0.6 is 12.0 Å². The summed E-state index contributed by atoms with van der Waals surface area (Å²) in [6.45, 7) is 1.14. The van der Waals surface area contributed by atoms with Crippen molar-refractivity contribution in [3.8, 4) is 5.75 Å². The molecule has 0 saturated heterocycles. The first-order chi connectivity index (χ1) is 17.6. The molecule has 6 nitrogen and oxygen atoms in total. The first-order valence-electron chi connectivity index (χ1n) is 11.2. The molecule has 3 amide bonds. The van der Waals surface area contributed by atoms with Gasteiger partial charge >= 0.3 is 6.03 Å². The monoisotopic (exact) mass is 533 g/mol. The Kier molecular flexibility index (Phi) is 7.63. The lowest BCUT2D eigenvalue weighted by molar-refractivity contribution is 0.0950. The average molecular weight is 534 g/mol. The van der Waals surface area contributed by atoms with Crippen LogP contribution in [0.4, 0.5) is 28.0 Å². The molecule has 1 heterocycles. The third-order valence-corrected chi connectivity index (χ3v) is 6.59. The van der Waals surface area contributed by atoms with Gasteiger partial charge in [0.2, 0.25) is 0 Å². The molecule has 0 fully saturated rings. The van der Waals surface area contributed by atoms with Crippen LogP contribution in [0.2, 0.25) is 0 Å². The van der Waals surface area contributed by atoms with Crippen LogP contribution in [0.25, 0.3) is 0 Å². The molecule has 0 bridgehead atoms. The van der Waals surface area contributed by atoms with Crippen molar-refractivity contribution in [2.75, 3.05) is 18.2 Å². The lowest BCUT2D eigenvalue weighted by Gasteiger charge is -2.39. The predicted octanol–water partition coefficient (Wildman–Crippen LogP) is 5.96. The van der Waals surface area contributed by atoms with Crippen molar-refractivity contribution < 1.29 is 31.3 Å². The minimum absolute atomic E-state index is 0.116. The Balaban J connectivity index is 1.66. The predicted molar refractivity (Wildman–Crippen MR) is 132 cm³/mol. The summed E-state index contributed by atoms with van der Waals surface area (Å²) in [5, 5.41) is 2.42. The van der Waals surface area contributed by atoms with E-state index in [0.29, 0.717) is 17.8 Å². The van der Waals surface area contributed by atoms with E-state index in [0.717, 1.165) is 17.6 Å². The smallest absolute Gasteiger partial charge is 0.325 e. The summed E-state index contributed by atoms with van der Waals surface area (Å²) >= 11 is 1.03. The van der Waals surface area contributed by atoms with Crippen molar-refractivity contribution >= 4 is 29.7 Å². The zero-order valence-corrected chi connectivity index (χ0v) is 21.0. The highest BCUT2D eigenvalue weighted by Crippen LogP contribution is 2.38. The third-order valence-electron chi connectivity index (χ3n) is 6.24. The number of hydrogen-bond donors (Lipinski definition) is 1. The van der Waals surface area contributed by atoms with Gasteiger partial charge in [0.1, 0.15) is 29.0 Å². The molecule has 1 aliphatic rings. The van der Waals surface area contributed by atoms with Crippen molar-refractivity contribution in [2.45, 2.75) is 26.1 Å². The van der Waals surface area contributed by atoms with Gasteiger partial charge in [-0.05, 0) is 36.8 Å². The number of carbonyl (C=O) groups is 2. The number of benzene rings is 3. The summed E-state index contributed by atoms with van der Waals surface area (Å²) in [5.41, 5.74) is 0.904. The summed E-state index contributed by atoms with van der Waals surface area (Å²) in [6.07, 6.45) is 1.68. The van der Waals surface area contributed by atoms with E-state index in [-0.39, 0.29) is 29.5 Å². The Bertz CT molecular complexity index is 1350. The standard InChI is InChI=1S/C26H23F4N3O3S/c1-14-17-8-7-15(25(34)31-12-18-21(29)10-16(27)11-22(18)30)9-23(17)33(26(35)32(14)2)13-19-20(28)5-4-6-24(19)36-37-3/h4-11,14H,12-13H2,1-3H3,(H,31,34). The minimum atomic E-state index is -1.12. The summed E-state index contributed by atoms with van der Waals surface area (Å²) in [7, 11) is 1.62. The summed E-state index contributed by atoms with van der Waals surface area (Å²) in [4.78, 5) is 28.9. The summed E-state index contributed by atoms with van der Waals surface area (Å²) < 4.78 is 61.4. The zero-order chi connectivity index (χ0) is 26.9. The molecule has 1 unspecified atom stereocenters. The van der Waals surface area contributed by atoms with Gasteiger partial charge < -0.3 is 14.4 Å². The molecule has 3 aromatic carbocycles. The van der Waals surface area contributed by atoms with Crippen LogP contribution < -0.4 is 14.4 Å². The fraction of sp³-hybridized carbons (Fsp3) is 0.231. The number of amides is 3. The highest BCUT2D eigenvalue weighted by Gasteiger charge is 2.34. The number of rotatable bonds is 7. The maximum absolute atomic E-state index is 14.8. The zero-order valence-electron chi connectivity index (χ0n) is 20.1. The molecule has 0 radical (unpaired) electrons. The Morgan fingerprint density at radius 1 is 1.03 bits per heavy atom. The van der Waals surface area contributed by atoms with Crippen LogP contribution in [-0.2, 0) is 13.1 Å². The van der Waals surface area contributed by atoms with Crippen LogP contribution in [-0.4, -0.2) is 30.1 Å². The molecule has 1 aliphatic heterocycles. The molecule has 0 aromatic heterocycles. The van der Waals surface area contributed by atoms with Crippen LogP contribution in [0.5, 0.6) is 5.75 Å². The Labute approximate surface area is 215 Å². The average Bonchev–Trinajstić information content (AvgIpc) is 2.85. The minimum Gasteiger partial charge on any atom is -0.426 e. The second-order valence-electron chi connectivity index (χ2n) is 8.43. The van der Waals surface area contributed by atoms with Crippen LogP contribution in [0.3, 0.4) is 0 Å². The lowest BCUT2D eigenvalue weighted by Crippen LogP contribution is -2.46. The van der Waals surface area contributed by atoms with Crippen molar-refractivity contribution in [2.24, 2.45) is 0 Å². The van der Waals surface area contributed by atoms with Gasteiger partial charge in [0.25, 0.3) is 5.91 Å². The molecule has 0 saturated carbocycles. The maximum Gasteiger partial charge on any atom is 0.325 e. The molecule has 37 heavy (non-hydrogen) atoms. The Morgan fingerprint density at radius 3 is 2.41 bits per heavy atom. The summed E-state index contributed by atoms with van der Waals surface area (Å²) in [6, 6.07) is 9.34. The second-order valence-corrected chi connectivity index (χ2v) is 8.93. The molecule has 1 atom stereocenters. The first kappa shape index (κ1) is 26.3. The molecule has 194 valence electrons. The van der Waals surface area contributed by atoms with Gasteiger partial charge in [-0.1, -0.05) is 12.1 Å². The van der Waals surface area contributed by atoms with Gasteiger partial charge in [0, 0.05) is 43.1 Å². The van der Waals surface area contributed by atoms with Gasteiger partial charge in [0.05, 0.1) is 35.9 Å². The number of fused-ring (bicyclic) bond motifs is 1. The van der Waals surface area contributed by atoms with Crippen molar-refractivity contribution in [1.29, 1.82) is 0 Å². The van der Waals surface area contributed by atoms with Crippen molar-refractivity contribution in [3.05, 3.63) is 94.1 Å². The van der Waals surface area contributed by atoms with E-state index in [1.807, 2.05) is 6.92 Å². The van der Waals surface area contributed by atoms with Gasteiger partial charge in [-0.25, -0.2) is 22.4 Å². The van der Waals surface area contributed by atoms with E-state index in [4.69, 9.17) is 4.18 Å². The number of carbonyl (C=O) groups excluding carboxylic acids is 2. The number of nitrogens with one attached hydrogen (secondary N) is 1. The second kappa shape index (κ2) is 10.7. The van der Waals surface area contributed by atoms with Gasteiger partial charge in [-0.2, -0.15) is 0 Å². The van der Waals surface area contributed by atoms with Crippen molar-refractivity contribution in [3.63, 3.8) is 0 Å². The number of urea groups is 1. The lowest BCUT2D eigenvalue weighted by atomic mass is 9.98. The number of hydrogen-bond acceptors (Lipinski definition) is 4. The fourth-order valence-corrected chi connectivity index (χ4v) is 4.46. The molecule has 0 aliphatic carbocycles. The van der Waals surface area contributed by atoms with Gasteiger partial charge in [-0.15, -0.1) is 0 Å². The van der Waals surface area contributed by atoms with Crippen LogP contribution in [0.15, 0.2) is 48.5 Å². The Morgan fingerprint density at radius 2 is 1.73 bits per heavy atom. The molecule has 0 spiro atoms. The number of nitrogens with zero attached hydrogens (tertiary/aromatic N) is 2. The molecule has 1 N–H and O–H groups in total. The largest absolute Gasteiger partial charge is 0.426 e.